The summed E-state index contributed by atoms with van der Waals surface area (Å²) in [6.45, 7) is 3.92. The number of hydrogen-bond acceptors (Lipinski definition) is 7. The van der Waals surface area contributed by atoms with Crippen molar-refractivity contribution < 1.29 is 37.3 Å². The SMILES string of the molecule is O=C(O)c1ccc(CCN2C(=O)C(=Cc3ccc(OCCN4CCOCC4)c(-c4cc5cc[nH]c5cc4C(F)(F)F)c3)SC2=S)cc1. The van der Waals surface area contributed by atoms with E-state index in [1.807, 2.05) is 0 Å². The molecule has 2 fully saturated rings. The molecule has 0 aliphatic carbocycles. The van der Waals surface area contributed by atoms with Crippen molar-refractivity contribution in [3.8, 4) is 16.9 Å². The van der Waals surface area contributed by atoms with Crippen LogP contribution in [-0.2, 0) is 22.1 Å². The van der Waals surface area contributed by atoms with Gasteiger partial charge in [-0.15, -0.1) is 0 Å². The normalized spacial score (nSPS) is 16.8. The number of H-pyrrole nitrogens is 1. The molecule has 2 N–H and O–H groups in total. The van der Waals surface area contributed by atoms with E-state index in [0.29, 0.717) is 64.2 Å². The second-order valence-electron chi connectivity index (χ2n) is 11.1. The molecule has 244 valence electrons. The maximum atomic E-state index is 14.4. The number of thioether (sulfide) groups is 1. The van der Waals surface area contributed by atoms with Crippen molar-refractivity contribution >= 4 is 57.2 Å². The third-order valence-electron chi connectivity index (χ3n) is 8.06. The van der Waals surface area contributed by atoms with Crippen LogP contribution in [0.3, 0.4) is 0 Å². The lowest BCUT2D eigenvalue weighted by atomic mass is 9.95. The molecule has 3 heterocycles. The Hall–Kier alpha value is -4.17. The smallest absolute Gasteiger partial charge is 0.417 e. The van der Waals surface area contributed by atoms with E-state index >= 15 is 0 Å². The molecular weight excluding hydrogens is 652 g/mol. The Kier molecular flexibility index (Phi) is 9.69. The molecule has 0 atom stereocenters. The number of amides is 1. The number of aromatic nitrogens is 1. The summed E-state index contributed by atoms with van der Waals surface area (Å²) in [6.07, 6.45) is -0.948. The summed E-state index contributed by atoms with van der Waals surface area (Å²) >= 11 is 6.61. The van der Waals surface area contributed by atoms with E-state index in [-0.39, 0.29) is 29.2 Å². The van der Waals surface area contributed by atoms with Gasteiger partial charge in [-0.1, -0.05) is 42.2 Å². The average molecular weight is 682 g/mol. The van der Waals surface area contributed by atoms with Crippen LogP contribution in [0.15, 0.2) is 71.8 Å². The monoisotopic (exact) mass is 681 g/mol. The number of thiocarbonyl (C=S) groups is 1. The molecule has 4 aromatic rings. The van der Waals surface area contributed by atoms with E-state index in [4.69, 9.17) is 26.8 Å². The first-order chi connectivity index (χ1) is 22.6. The van der Waals surface area contributed by atoms with Crippen LogP contribution in [0.25, 0.3) is 28.1 Å². The number of carbonyl (C=O) groups is 2. The van der Waals surface area contributed by atoms with Gasteiger partial charge in [0.1, 0.15) is 16.7 Å². The van der Waals surface area contributed by atoms with Crippen LogP contribution in [0.1, 0.15) is 27.0 Å². The number of ether oxygens (including phenoxy) is 2. The second kappa shape index (κ2) is 13.9. The number of carboxylic acids is 1. The molecule has 6 rings (SSSR count). The van der Waals surface area contributed by atoms with Crippen LogP contribution in [0.4, 0.5) is 13.2 Å². The van der Waals surface area contributed by atoms with Gasteiger partial charge in [0.05, 0.1) is 29.2 Å². The standard InChI is InChI=1S/C34H30F3N3O5S2/c35-34(36,37)27-20-28-24(7-9-38-28)19-25(27)26-17-22(3-6-29(26)45-16-13-39-11-14-44-15-12-39)18-30-31(41)40(33(46)47-30)10-8-21-1-4-23(5-2-21)32(42)43/h1-7,9,17-20,38H,8,10-16H2,(H,42,43). The van der Waals surface area contributed by atoms with Crippen molar-refractivity contribution in [3.05, 3.63) is 94.0 Å². The Balaban J connectivity index is 1.28. The fourth-order valence-electron chi connectivity index (χ4n) is 5.54. The Bertz CT molecular complexity index is 1850. The van der Waals surface area contributed by atoms with Gasteiger partial charge in [0.2, 0.25) is 0 Å². The molecule has 47 heavy (non-hydrogen) atoms. The van der Waals surface area contributed by atoms with Crippen molar-refractivity contribution in [2.45, 2.75) is 12.6 Å². The number of aromatic amines is 1. The molecule has 0 bridgehead atoms. The second-order valence-corrected chi connectivity index (χ2v) is 12.8. The lowest BCUT2D eigenvalue weighted by molar-refractivity contribution is -0.137. The molecule has 3 aromatic carbocycles. The zero-order chi connectivity index (χ0) is 33.1. The first-order valence-corrected chi connectivity index (χ1v) is 16.1. The van der Waals surface area contributed by atoms with E-state index in [0.717, 1.165) is 36.5 Å². The quantitative estimate of drug-likeness (QED) is 0.141. The number of morpholine rings is 1. The highest BCUT2D eigenvalue weighted by Gasteiger charge is 2.35. The van der Waals surface area contributed by atoms with Gasteiger partial charge in [-0.05, 0) is 77.0 Å². The van der Waals surface area contributed by atoms with Crippen LogP contribution in [0.2, 0.25) is 0 Å². The predicted molar refractivity (Wildman–Crippen MR) is 178 cm³/mol. The Morgan fingerprint density at radius 2 is 1.81 bits per heavy atom. The molecule has 2 saturated heterocycles. The number of benzene rings is 3. The summed E-state index contributed by atoms with van der Waals surface area (Å²) < 4.78 is 55.2. The molecule has 1 aromatic heterocycles. The van der Waals surface area contributed by atoms with E-state index in [9.17, 15) is 22.8 Å². The van der Waals surface area contributed by atoms with Gasteiger partial charge in [0, 0.05) is 43.5 Å². The zero-order valence-electron chi connectivity index (χ0n) is 25.0. The summed E-state index contributed by atoms with van der Waals surface area (Å²) in [4.78, 5) is 31.4. The zero-order valence-corrected chi connectivity index (χ0v) is 26.6. The topological polar surface area (TPSA) is 95.1 Å². The highest BCUT2D eigenvalue weighted by atomic mass is 32.2. The molecule has 8 nitrogen and oxygen atoms in total. The Morgan fingerprint density at radius 3 is 2.53 bits per heavy atom. The van der Waals surface area contributed by atoms with Gasteiger partial charge < -0.3 is 19.6 Å². The highest BCUT2D eigenvalue weighted by molar-refractivity contribution is 8.26. The first kappa shape index (κ1) is 32.8. The van der Waals surface area contributed by atoms with Crippen LogP contribution >= 0.6 is 24.0 Å². The molecule has 0 unspecified atom stereocenters. The minimum absolute atomic E-state index is 0.0253. The van der Waals surface area contributed by atoms with Crippen LogP contribution in [0.5, 0.6) is 5.75 Å². The number of hydrogen-bond donors (Lipinski definition) is 2. The lowest BCUT2D eigenvalue weighted by Crippen LogP contribution is -2.38. The van der Waals surface area contributed by atoms with Gasteiger partial charge in [0.25, 0.3) is 5.91 Å². The van der Waals surface area contributed by atoms with Crippen molar-refractivity contribution in [1.82, 2.24) is 14.8 Å². The van der Waals surface area contributed by atoms with Crippen molar-refractivity contribution in [2.24, 2.45) is 0 Å². The summed E-state index contributed by atoms with van der Waals surface area (Å²) in [5.41, 5.74) is 1.35. The Labute approximate surface area is 278 Å². The fourth-order valence-corrected chi connectivity index (χ4v) is 6.85. The molecule has 13 heteroatoms. The fraction of sp³-hybridized carbons (Fsp3) is 0.265. The average Bonchev–Trinajstić information content (AvgIpc) is 3.62. The van der Waals surface area contributed by atoms with E-state index in [2.05, 4.69) is 9.88 Å². The number of rotatable bonds is 10. The van der Waals surface area contributed by atoms with E-state index in [1.54, 1.807) is 48.7 Å². The highest BCUT2D eigenvalue weighted by Crippen LogP contribution is 2.43. The number of aromatic carboxylic acids is 1. The molecule has 1 amide bonds. The van der Waals surface area contributed by atoms with Crippen LogP contribution in [0, 0.1) is 0 Å². The van der Waals surface area contributed by atoms with E-state index < -0.39 is 17.7 Å². The maximum Gasteiger partial charge on any atom is 0.417 e. The third-order valence-corrected chi connectivity index (χ3v) is 9.43. The predicted octanol–water partition coefficient (Wildman–Crippen LogP) is 6.71. The minimum Gasteiger partial charge on any atom is -0.492 e. The number of halogens is 3. The summed E-state index contributed by atoms with van der Waals surface area (Å²) in [5.74, 6) is -1.02. The van der Waals surface area contributed by atoms with Crippen molar-refractivity contribution in [2.75, 3.05) is 46.0 Å². The van der Waals surface area contributed by atoms with Crippen LogP contribution in [-0.4, -0.2) is 82.1 Å². The number of alkyl halides is 3. The van der Waals surface area contributed by atoms with Gasteiger partial charge >= 0.3 is 12.1 Å². The number of fused-ring (bicyclic) bond motifs is 1. The van der Waals surface area contributed by atoms with E-state index in [1.165, 1.54) is 23.1 Å². The van der Waals surface area contributed by atoms with Gasteiger partial charge in [0.15, 0.2) is 0 Å². The minimum atomic E-state index is -4.63. The molecule has 2 aliphatic heterocycles. The van der Waals surface area contributed by atoms with Crippen molar-refractivity contribution in [1.29, 1.82) is 0 Å². The van der Waals surface area contributed by atoms with Gasteiger partial charge in [-0.2, -0.15) is 13.2 Å². The number of nitrogens with one attached hydrogen (secondary N) is 1. The van der Waals surface area contributed by atoms with Crippen LogP contribution < -0.4 is 4.74 Å². The van der Waals surface area contributed by atoms with Gasteiger partial charge in [-0.3, -0.25) is 14.6 Å². The third kappa shape index (κ3) is 7.54. The molecule has 2 aliphatic rings. The number of carbonyl (C=O) groups excluding carboxylic acids is 1. The maximum absolute atomic E-state index is 14.4. The number of carboxylic acid groups (broad SMARTS) is 1. The Morgan fingerprint density at radius 1 is 1.04 bits per heavy atom. The summed E-state index contributed by atoms with van der Waals surface area (Å²) in [5, 5.41) is 9.74. The molecule has 0 radical (unpaired) electrons. The first-order valence-electron chi connectivity index (χ1n) is 14.9. The lowest BCUT2D eigenvalue weighted by Gasteiger charge is -2.26. The van der Waals surface area contributed by atoms with Gasteiger partial charge in [-0.25, -0.2) is 4.79 Å². The summed E-state index contributed by atoms with van der Waals surface area (Å²) in [6, 6.07) is 15.7. The largest absolute Gasteiger partial charge is 0.492 e. The number of nitrogens with zero attached hydrogens (tertiary/aromatic N) is 2. The molecule has 0 saturated carbocycles. The summed E-state index contributed by atoms with van der Waals surface area (Å²) in [7, 11) is 0. The molecule has 0 spiro atoms. The van der Waals surface area contributed by atoms with Crippen molar-refractivity contribution in [3.63, 3.8) is 0 Å². The molecular formula is C34H30F3N3O5S2.